The second kappa shape index (κ2) is 33.9. The van der Waals surface area contributed by atoms with Crippen LogP contribution >= 0.6 is 11.3 Å². The number of Topliss-reactive ketones (excluding diaryl/α,β-unsaturated/α-hetero) is 3. The number of carbonyl (C=O) groups excluding carboxylic acids is 3. The number of hydrogen-bond acceptors (Lipinski definition) is 18. The minimum absolute atomic E-state index is 0.0107. The second-order valence-electron chi connectivity index (χ2n) is 33.3. The van der Waals surface area contributed by atoms with E-state index in [2.05, 4.69) is 62.3 Å². The van der Waals surface area contributed by atoms with Crippen LogP contribution < -0.4 is 0 Å². The van der Waals surface area contributed by atoms with Gasteiger partial charge in [0.1, 0.15) is 50.8 Å². The summed E-state index contributed by atoms with van der Waals surface area (Å²) in [5.41, 5.74) is 2.43. The maximum absolute atomic E-state index is 14.5. The van der Waals surface area contributed by atoms with Crippen molar-refractivity contribution in [2.24, 2.45) is 43.3 Å². The van der Waals surface area contributed by atoms with Crippen molar-refractivity contribution in [2.75, 3.05) is 13.1 Å². The van der Waals surface area contributed by atoms with E-state index in [1.807, 2.05) is 16.5 Å². The fourth-order valence-corrected chi connectivity index (χ4v) is 24.7. The molecule has 129 heavy (non-hydrogen) atoms. The normalized spacial score (nSPS) is 21.7. The third kappa shape index (κ3) is 17.1. The summed E-state index contributed by atoms with van der Waals surface area (Å²) < 4.78 is 232. The Balaban J connectivity index is 0.000000136. The van der Waals surface area contributed by atoms with Gasteiger partial charge in [-0.15, -0.1) is 16.4 Å². The van der Waals surface area contributed by atoms with E-state index in [-0.39, 0.29) is 88.8 Å². The van der Waals surface area contributed by atoms with E-state index in [9.17, 15) is 83.9 Å². The summed E-state index contributed by atoms with van der Waals surface area (Å²) in [6.45, 7) is -0.444. The standard InChI is InChI=1S/C31H28F6N6O2S.C30H29F4N7O2S2.C27H23F2N5O3S/c1-41-12-10-28(40-41)46(2,45)42(18-27(33)34)24-6-3-20-14-26-19(17-39-43(26)23-7-4-22(32)5-8-23)15-30(20,16-24)29(44)25-13-21(9-11-38-25)31(35,36)37;1-39-17-36-28(38-39)45(2,43)40(16-18-3-4-18)23-8-5-20-11-24-19(14-37-41(24)22-9-6-21(31)7-10-22)12-29(20,13-23)26(42)27-35-15-25(44-27)30(32,33)34;1-33-16-23(15-31-33)38(36,37)22-7-2-18-10-25-17(14-32-34(25)21-5-3-19(28)4-6-21)12-27(18,13-22)26(35)24-11-20(29)8-9-30-24/h4-5,7-14,17,24,27H,2-3,6,15-16,18H2,1H3;6-7,9-11,14-15,17-18,23H,2-5,8,12-13,16H2,1H3;3-6,8-11,14-16,22H,2,7,12-13H2,1H3/t24-,30-,46?;23-,29-,45?;22-,27-/m000/s1. The third-order valence-electron chi connectivity index (χ3n) is 25.0. The van der Waals surface area contributed by atoms with Crippen LogP contribution in [0.25, 0.3) is 35.3 Å². The number of carbonyl (C=O) groups is 3. The molecule has 9 aromatic heterocycles. The van der Waals surface area contributed by atoms with Crippen LogP contribution in [-0.2, 0) is 82.0 Å². The molecule has 4 fully saturated rings. The lowest BCUT2D eigenvalue weighted by molar-refractivity contribution is -0.137. The summed E-state index contributed by atoms with van der Waals surface area (Å²) in [5.74, 6) is 4.77. The van der Waals surface area contributed by atoms with Gasteiger partial charge in [-0.25, -0.2) is 75.8 Å². The lowest BCUT2D eigenvalue weighted by Crippen LogP contribution is -2.51. The molecule has 9 heterocycles. The van der Waals surface area contributed by atoms with Crippen molar-refractivity contribution in [2.45, 2.75) is 141 Å². The van der Waals surface area contributed by atoms with Gasteiger partial charge in [-0.3, -0.25) is 38.4 Å². The number of allylic oxidation sites excluding steroid dienone is 3. The summed E-state index contributed by atoms with van der Waals surface area (Å²) in [6.07, 6.45) is 10.9. The van der Waals surface area contributed by atoms with Crippen LogP contribution in [0.15, 0.2) is 197 Å². The number of thiazole rings is 1. The maximum atomic E-state index is 14.5. The van der Waals surface area contributed by atoms with E-state index < -0.39 is 133 Å². The number of fused-ring (bicyclic) bond motifs is 6. The first kappa shape index (κ1) is 89.1. The van der Waals surface area contributed by atoms with Crippen LogP contribution in [0.2, 0.25) is 0 Å². The molecule has 12 aromatic rings. The molecule has 19 rings (SSSR count). The number of pyridine rings is 2. The van der Waals surface area contributed by atoms with Gasteiger partial charge in [-0.2, -0.15) is 51.8 Å². The number of sulfone groups is 1. The van der Waals surface area contributed by atoms with E-state index in [0.29, 0.717) is 95.6 Å². The molecule has 7 aliphatic carbocycles. The average Bonchev–Trinajstić information content (AvgIpc) is 1.68. The van der Waals surface area contributed by atoms with Crippen molar-refractivity contribution in [3.05, 3.63) is 266 Å². The molecule has 0 amide bonds. The lowest BCUT2D eigenvalue weighted by Gasteiger charge is -2.47. The molecule has 41 heteroatoms. The van der Waals surface area contributed by atoms with Crippen molar-refractivity contribution in [3.8, 4) is 17.1 Å². The molecule has 8 atom stereocenters. The Morgan fingerprint density at radius 1 is 0.519 bits per heavy atom. The van der Waals surface area contributed by atoms with Gasteiger partial charge in [0.25, 0.3) is 6.43 Å². The summed E-state index contributed by atoms with van der Waals surface area (Å²) >= 11 is 0.338. The van der Waals surface area contributed by atoms with Crippen molar-refractivity contribution in [1.82, 2.24) is 87.2 Å². The van der Waals surface area contributed by atoms with Gasteiger partial charge >= 0.3 is 12.4 Å². The molecular weight excluding hydrogens is 1780 g/mol. The monoisotopic (exact) mass is 1860 g/mol. The van der Waals surface area contributed by atoms with Crippen LogP contribution in [0, 0.1) is 45.4 Å². The number of alkyl halides is 8. The molecule has 0 bridgehead atoms. The summed E-state index contributed by atoms with van der Waals surface area (Å²) in [4.78, 5) is 58.5. The second-order valence-corrected chi connectivity index (χ2v) is 40.9. The Morgan fingerprint density at radius 3 is 1.45 bits per heavy atom. The van der Waals surface area contributed by atoms with Crippen molar-refractivity contribution in [3.63, 3.8) is 0 Å². The number of ketones is 3. The quantitative estimate of drug-likeness (QED) is 0.0367. The minimum atomic E-state index is -4.74. The predicted octanol–water partition coefficient (Wildman–Crippen LogP) is 15.3. The van der Waals surface area contributed by atoms with Gasteiger partial charge in [0.2, 0.25) is 10.9 Å². The van der Waals surface area contributed by atoms with Crippen molar-refractivity contribution < 1.29 is 83.9 Å². The zero-order chi connectivity index (χ0) is 91.4. The largest absolute Gasteiger partial charge is 0.427 e. The Labute approximate surface area is 735 Å². The first-order valence-electron chi connectivity index (χ1n) is 40.8. The number of benzene rings is 3. The molecule has 2 unspecified atom stereocenters. The number of nitrogens with zero attached hydrogens (tertiary/aromatic N) is 18. The highest BCUT2D eigenvalue weighted by Crippen LogP contribution is 2.56. The molecule has 25 nitrogen and oxygen atoms in total. The highest BCUT2D eigenvalue weighted by molar-refractivity contribution is 7.98. The third-order valence-corrected chi connectivity index (χ3v) is 32.2. The van der Waals surface area contributed by atoms with Crippen molar-refractivity contribution >= 4 is 87.9 Å². The van der Waals surface area contributed by atoms with Crippen LogP contribution in [0.3, 0.4) is 0 Å². The smallest absolute Gasteiger partial charge is 0.291 e. The van der Waals surface area contributed by atoms with E-state index in [1.165, 1.54) is 106 Å². The Kier molecular flexibility index (Phi) is 23.4. The highest BCUT2D eigenvalue weighted by Gasteiger charge is 2.57. The molecular formula is C88H80F12N18O7S4. The molecule has 0 N–H and O–H groups in total. The van der Waals surface area contributed by atoms with Crippen LogP contribution in [-0.4, -0.2) is 170 Å². The first-order valence-corrected chi connectivity index (χ1v) is 46.5. The molecule has 4 saturated carbocycles. The van der Waals surface area contributed by atoms with Crippen molar-refractivity contribution in [1.29, 1.82) is 0 Å². The number of aryl methyl sites for hydroxylation is 3. The zero-order valence-electron chi connectivity index (χ0n) is 69.0. The van der Waals surface area contributed by atoms with Crippen LogP contribution in [0.1, 0.15) is 146 Å². The number of hydrogen-bond donors (Lipinski definition) is 0. The molecule has 672 valence electrons. The van der Waals surface area contributed by atoms with Gasteiger partial charge in [0.15, 0.2) is 31.4 Å². The number of rotatable bonds is 21. The van der Waals surface area contributed by atoms with E-state index in [1.54, 1.807) is 77.9 Å². The lowest BCUT2D eigenvalue weighted by atomic mass is 9.60. The van der Waals surface area contributed by atoms with Gasteiger partial charge in [-0.05, 0) is 240 Å². The van der Waals surface area contributed by atoms with Crippen LogP contribution in [0.5, 0.6) is 0 Å². The SMILES string of the molecule is C=S(=O)(c1ccn(C)n1)N(CC(F)F)[C@H]1CCC2=Cc3c(cnn3-c3ccc(F)cc3)C[C@]2(C(=O)c2cc(C(F)(F)F)ccn2)C1.C=S(=O)(c1ncn(C)n1)N(CC1CC1)[C@H]1CCC2=Cc3c(cnn3-c3ccc(F)cc3)C[C@]2(C(=O)c2ncc(C(F)(F)F)s2)C1.Cn1cc(S(=O)(=O)[C@H]2CCC3=Cc4c(cnn4-c4ccc(F)cc4)C[C@]3(C(=O)c3cc(F)ccn3)C2)cn1. The fraction of sp³-hybridized carbons (Fsp3) is 0.330. The molecule has 3 aromatic carbocycles. The average molecular weight is 1860 g/mol. The summed E-state index contributed by atoms with van der Waals surface area (Å²) in [7, 11) is -5.61. The number of halogens is 12. The zero-order valence-corrected chi connectivity index (χ0v) is 72.3. The number of aromatic nitrogens is 16. The predicted molar refractivity (Wildman–Crippen MR) is 453 cm³/mol. The maximum Gasteiger partial charge on any atom is 0.427 e. The van der Waals surface area contributed by atoms with E-state index >= 15 is 0 Å². The molecule has 0 aliphatic heterocycles. The van der Waals surface area contributed by atoms with E-state index in [4.69, 9.17) is 0 Å². The summed E-state index contributed by atoms with van der Waals surface area (Å²) in [6, 6.07) is 21.2. The van der Waals surface area contributed by atoms with E-state index in [0.717, 1.165) is 75.2 Å². The van der Waals surface area contributed by atoms with Gasteiger partial charge in [0.05, 0.1) is 118 Å². The fourth-order valence-electron chi connectivity index (χ4n) is 18.5. The minimum Gasteiger partial charge on any atom is -0.291 e. The molecule has 7 aliphatic rings. The molecule has 0 saturated heterocycles. The van der Waals surface area contributed by atoms with Gasteiger partial charge in [0, 0.05) is 70.6 Å². The topological polar surface area (TPSA) is 284 Å². The van der Waals surface area contributed by atoms with Gasteiger partial charge in [-0.1, -0.05) is 16.7 Å². The Bertz CT molecular complexity index is 6850. The Morgan fingerprint density at radius 2 is 1.01 bits per heavy atom. The first-order chi connectivity index (χ1) is 61.2. The Hall–Kier alpha value is -11.9. The molecule has 0 spiro atoms. The summed E-state index contributed by atoms with van der Waals surface area (Å²) in [5, 5.41) is 24.9. The molecule has 0 radical (unpaired) electrons. The van der Waals surface area contributed by atoms with Gasteiger partial charge < -0.3 is 0 Å². The highest BCUT2D eigenvalue weighted by atomic mass is 32.2. The van der Waals surface area contributed by atoms with Crippen LogP contribution in [0.4, 0.5) is 52.7 Å².